The molecule has 4 rings (SSSR count). The maximum atomic E-state index is 13.4. The summed E-state index contributed by atoms with van der Waals surface area (Å²) >= 11 is 1.54. The third kappa shape index (κ3) is 4.12. The molecule has 4 nitrogen and oxygen atoms in total. The van der Waals surface area contributed by atoms with E-state index in [1.165, 1.54) is 17.3 Å². The second-order valence-corrected chi connectivity index (χ2v) is 8.36. The molecule has 1 heterocycles. The van der Waals surface area contributed by atoms with E-state index in [-0.39, 0.29) is 5.56 Å². The Bertz CT molecular complexity index is 1230. The minimum atomic E-state index is -0.0417. The summed E-state index contributed by atoms with van der Waals surface area (Å²) in [5.41, 5.74) is 4.88. The lowest BCUT2D eigenvalue weighted by molar-refractivity contribution is 0.344. The number of nitrogens with zero attached hydrogens (tertiary/aromatic N) is 2. The number of ether oxygens (including phenoxy) is 1. The number of para-hydroxylation sites is 2. The first-order valence-electron chi connectivity index (χ1n) is 9.95. The highest BCUT2D eigenvalue weighted by Gasteiger charge is 2.16. The van der Waals surface area contributed by atoms with Crippen LogP contribution >= 0.6 is 11.8 Å². The van der Waals surface area contributed by atoms with Crippen LogP contribution in [0, 0.1) is 20.8 Å². The van der Waals surface area contributed by atoms with E-state index in [9.17, 15) is 4.79 Å². The van der Waals surface area contributed by atoms with E-state index in [1.807, 2.05) is 80.6 Å². The van der Waals surface area contributed by atoms with Gasteiger partial charge in [-0.3, -0.25) is 9.36 Å². The Morgan fingerprint density at radius 2 is 1.60 bits per heavy atom. The molecule has 0 bridgehead atoms. The Hall–Kier alpha value is -3.05. The van der Waals surface area contributed by atoms with E-state index in [2.05, 4.69) is 6.92 Å². The van der Waals surface area contributed by atoms with Crippen LogP contribution in [0.1, 0.15) is 16.7 Å². The highest BCUT2D eigenvalue weighted by atomic mass is 32.2. The molecule has 0 unspecified atom stereocenters. The van der Waals surface area contributed by atoms with Crippen LogP contribution in [-0.4, -0.2) is 21.9 Å². The first-order chi connectivity index (χ1) is 14.5. The zero-order chi connectivity index (χ0) is 21.1. The van der Waals surface area contributed by atoms with Crippen molar-refractivity contribution in [1.82, 2.24) is 9.55 Å². The van der Waals surface area contributed by atoms with Crippen molar-refractivity contribution in [3.63, 3.8) is 0 Å². The monoisotopic (exact) mass is 416 g/mol. The maximum Gasteiger partial charge on any atom is 0.266 e. The molecule has 0 spiro atoms. The summed E-state index contributed by atoms with van der Waals surface area (Å²) in [5.74, 6) is 1.53. The van der Waals surface area contributed by atoms with Crippen molar-refractivity contribution in [3.8, 4) is 11.4 Å². The van der Waals surface area contributed by atoms with Crippen molar-refractivity contribution < 1.29 is 4.74 Å². The van der Waals surface area contributed by atoms with Crippen LogP contribution in [-0.2, 0) is 0 Å². The largest absolute Gasteiger partial charge is 0.493 e. The smallest absolute Gasteiger partial charge is 0.266 e. The Kier molecular flexibility index (Phi) is 5.91. The average molecular weight is 417 g/mol. The molecule has 0 saturated heterocycles. The van der Waals surface area contributed by atoms with Gasteiger partial charge in [0.05, 0.1) is 23.2 Å². The number of aromatic nitrogens is 2. The third-order valence-corrected chi connectivity index (χ3v) is 5.92. The lowest BCUT2D eigenvalue weighted by Gasteiger charge is -2.17. The average Bonchev–Trinajstić information content (AvgIpc) is 2.74. The van der Waals surface area contributed by atoms with E-state index >= 15 is 0 Å². The topological polar surface area (TPSA) is 44.1 Å². The second kappa shape index (κ2) is 8.76. The fraction of sp³-hybridized carbons (Fsp3) is 0.200. The molecular formula is C25H24N2O2S. The quantitative estimate of drug-likeness (QED) is 0.237. The molecule has 0 aliphatic rings. The zero-order valence-corrected chi connectivity index (χ0v) is 18.2. The summed E-state index contributed by atoms with van der Waals surface area (Å²) < 4.78 is 7.61. The normalized spacial score (nSPS) is 11.0. The minimum Gasteiger partial charge on any atom is -0.493 e. The second-order valence-electron chi connectivity index (χ2n) is 7.30. The van der Waals surface area contributed by atoms with Gasteiger partial charge in [0, 0.05) is 5.75 Å². The highest BCUT2D eigenvalue weighted by molar-refractivity contribution is 7.99. The summed E-state index contributed by atoms with van der Waals surface area (Å²) in [6, 6.07) is 21.6. The molecule has 0 radical (unpaired) electrons. The molecule has 152 valence electrons. The predicted molar refractivity (Wildman–Crippen MR) is 124 cm³/mol. The van der Waals surface area contributed by atoms with Crippen LogP contribution in [0.15, 0.2) is 76.7 Å². The number of aryl methyl sites for hydroxylation is 3. The molecule has 5 heteroatoms. The highest BCUT2D eigenvalue weighted by Crippen LogP contribution is 2.25. The molecule has 4 aromatic rings. The van der Waals surface area contributed by atoms with Crippen LogP contribution in [0.25, 0.3) is 16.6 Å². The molecule has 0 aliphatic heterocycles. The number of fused-ring (bicyclic) bond motifs is 1. The van der Waals surface area contributed by atoms with Gasteiger partial charge in [0.2, 0.25) is 0 Å². The molecule has 0 aliphatic carbocycles. The SMILES string of the molecule is Cc1ccc(OCCSc2nc3ccccc3c(=O)n2-c2c(C)cccc2C)cc1. The summed E-state index contributed by atoms with van der Waals surface area (Å²) in [7, 11) is 0. The summed E-state index contributed by atoms with van der Waals surface area (Å²) in [4.78, 5) is 18.2. The molecular weight excluding hydrogens is 392 g/mol. The number of rotatable bonds is 6. The lowest BCUT2D eigenvalue weighted by atomic mass is 10.1. The van der Waals surface area contributed by atoms with Crippen molar-refractivity contribution in [3.05, 3.63) is 93.8 Å². The fourth-order valence-corrected chi connectivity index (χ4v) is 4.31. The molecule has 0 atom stereocenters. The minimum absolute atomic E-state index is 0.0417. The number of hydrogen-bond donors (Lipinski definition) is 0. The summed E-state index contributed by atoms with van der Waals surface area (Å²) in [6.45, 7) is 6.64. The standard InChI is InChI=1S/C25H24N2O2S/c1-17-11-13-20(14-12-17)29-15-16-30-25-26-22-10-5-4-9-21(22)24(28)27(25)23-18(2)7-6-8-19(23)3/h4-14H,15-16H2,1-3H3. The van der Waals surface area contributed by atoms with Crippen LogP contribution < -0.4 is 10.3 Å². The Morgan fingerprint density at radius 1 is 0.900 bits per heavy atom. The summed E-state index contributed by atoms with van der Waals surface area (Å²) in [5, 5.41) is 1.31. The Balaban J connectivity index is 1.67. The van der Waals surface area contributed by atoms with E-state index in [4.69, 9.17) is 9.72 Å². The maximum absolute atomic E-state index is 13.4. The lowest BCUT2D eigenvalue weighted by Crippen LogP contribution is -2.23. The zero-order valence-electron chi connectivity index (χ0n) is 17.4. The van der Waals surface area contributed by atoms with Crippen molar-refractivity contribution in [1.29, 1.82) is 0 Å². The first-order valence-corrected chi connectivity index (χ1v) is 10.9. The summed E-state index contributed by atoms with van der Waals surface area (Å²) in [6.07, 6.45) is 0. The van der Waals surface area contributed by atoms with E-state index in [1.54, 1.807) is 4.57 Å². The number of benzene rings is 3. The molecule has 0 N–H and O–H groups in total. The fourth-order valence-electron chi connectivity index (χ4n) is 3.49. The van der Waals surface area contributed by atoms with Gasteiger partial charge in [0.25, 0.3) is 5.56 Å². The van der Waals surface area contributed by atoms with E-state index in [0.717, 1.165) is 22.6 Å². The molecule has 0 fully saturated rings. The molecule has 0 amide bonds. The van der Waals surface area contributed by atoms with E-state index < -0.39 is 0 Å². The van der Waals surface area contributed by atoms with Gasteiger partial charge in [-0.05, 0) is 56.2 Å². The van der Waals surface area contributed by atoms with Crippen LogP contribution in [0.5, 0.6) is 5.75 Å². The van der Waals surface area contributed by atoms with Gasteiger partial charge in [-0.2, -0.15) is 0 Å². The molecule has 0 saturated carbocycles. The molecule has 30 heavy (non-hydrogen) atoms. The van der Waals surface area contributed by atoms with Gasteiger partial charge >= 0.3 is 0 Å². The van der Waals surface area contributed by atoms with Crippen molar-refractivity contribution in [2.75, 3.05) is 12.4 Å². The van der Waals surface area contributed by atoms with Gasteiger partial charge in [0.1, 0.15) is 5.75 Å². The van der Waals surface area contributed by atoms with E-state index in [0.29, 0.717) is 28.4 Å². The van der Waals surface area contributed by atoms with Crippen molar-refractivity contribution in [2.24, 2.45) is 0 Å². The van der Waals surface area contributed by atoms with Crippen molar-refractivity contribution >= 4 is 22.7 Å². The number of hydrogen-bond acceptors (Lipinski definition) is 4. The van der Waals surface area contributed by atoms with Gasteiger partial charge < -0.3 is 4.74 Å². The Labute approximate surface area is 180 Å². The predicted octanol–water partition coefficient (Wildman–Crippen LogP) is 5.48. The van der Waals surface area contributed by atoms with Gasteiger partial charge in [-0.15, -0.1) is 0 Å². The van der Waals surface area contributed by atoms with Crippen molar-refractivity contribution in [2.45, 2.75) is 25.9 Å². The van der Waals surface area contributed by atoms with Gasteiger partial charge in [-0.1, -0.05) is 59.8 Å². The third-order valence-electron chi connectivity index (χ3n) is 5.01. The van der Waals surface area contributed by atoms with Crippen LogP contribution in [0.2, 0.25) is 0 Å². The Morgan fingerprint density at radius 3 is 2.33 bits per heavy atom. The molecule has 1 aromatic heterocycles. The van der Waals surface area contributed by atoms with Crippen LogP contribution in [0.4, 0.5) is 0 Å². The van der Waals surface area contributed by atoms with Gasteiger partial charge in [0.15, 0.2) is 5.16 Å². The first kappa shape index (κ1) is 20.2. The molecule has 3 aromatic carbocycles. The van der Waals surface area contributed by atoms with Crippen LogP contribution in [0.3, 0.4) is 0 Å². The van der Waals surface area contributed by atoms with Gasteiger partial charge in [-0.25, -0.2) is 4.98 Å². The number of thioether (sulfide) groups is 1.